The lowest BCUT2D eigenvalue weighted by Gasteiger charge is -2.28. The normalized spacial score (nSPS) is 12.3. The minimum atomic E-state index is -3.63. The molecule has 0 aromatic heterocycles. The van der Waals surface area contributed by atoms with Crippen molar-refractivity contribution in [3.8, 4) is 5.75 Å². The fourth-order valence-electron chi connectivity index (χ4n) is 2.61. The van der Waals surface area contributed by atoms with Crippen LogP contribution in [-0.2, 0) is 21.2 Å². The lowest BCUT2D eigenvalue weighted by molar-refractivity contribution is -0.116. The van der Waals surface area contributed by atoms with Crippen LogP contribution in [0, 0.1) is 0 Å². The van der Waals surface area contributed by atoms with Gasteiger partial charge in [-0.1, -0.05) is 19.1 Å². The molecule has 1 unspecified atom stereocenters. The van der Waals surface area contributed by atoms with Gasteiger partial charge in [0.25, 0.3) is 0 Å². The van der Waals surface area contributed by atoms with Gasteiger partial charge in [-0.05, 0) is 55.3 Å². The number of ether oxygens (including phenoxy) is 1. The van der Waals surface area contributed by atoms with Crippen LogP contribution in [0.15, 0.2) is 48.5 Å². The Morgan fingerprint density at radius 3 is 2.15 bits per heavy atom. The molecule has 1 atom stereocenters. The van der Waals surface area contributed by atoms with Crippen LogP contribution in [0.5, 0.6) is 5.75 Å². The minimum absolute atomic E-state index is 0.417. The zero-order chi connectivity index (χ0) is 19.3. The Bertz CT molecular complexity index is 846. The minimum Gasteiger partial charge on any atom is -0.497 e. The summed E-state index contributed by atoms with van der Waals surface area (Å²) in [5.74, 6) is 0.255. The second-order valence-electron chi connectivity index (χ2n) is 5.97. The molecule has 0 aliphatic rings. The number of hydrogen-bond acceptors (Lipinski definition) is 4. The Morgan fingerprint density at radius 1 is 1.12 bits per heavy atom. The highest BCUT2D eigenvalue weighted by Crippen LogP contribution is 2.23. The molecular formula is C19H24N2O4S. The molecule has 1 amide bonds. The predicted molar refractivity (Wildman–Crippen MR) is 104 cm³/mol. The van der Waals surface area contributed by atoms with Crippen LogP contribution >= 0.6 is 0 Å². The van der Waals surface area contributed by atoms with Crippen molar-refractivity contribution in [3.05, 3.63) is 54.1 Å². The third kappa shape index (κ3) is 4.76. The Kier molecular flexibility index (Phi) is 6.26. The number of aryl methyl sites for hydroxylation is 1. The summed E-state index contributed by atoms with van der Waals surface area (Å²) in [4.78, 5) is 12.6. The number of amides is 1. The highest BCUT2D eigenvalue weighted by molar-refractivity contribution is 7.92. The van der Waals surface area contributed by atoms with E-state index in [1.54, 1.807) is 50.4 Å². The molecule has 0 saturated heterocycles. The van der Waals surface area contributed by atoms with Crippen molar-refractivity contribution in [1.82, 2.24) is 0 Å². The van der Waals surface area contributed by atoms with E-state index in [2.05, 4.69) is 5.32 Å². The second kappa shape index (κ2) is 8.23. The number of carbonyl (C=O) groups is 1. The number of nitrogens with one attached hydrogen (secondary N) is 1. The fourth-order valence-corrected chi connectivity index (χ4v) is 3.78. The smallest absolute Gasteiger partial charge is 0.247 e. The van der Waals surface area contributed by atoms with E-state index < -0.39 is 22.0 Å². The van der Waals surface area contributed by atoms with Crippen molar-refractivity contribution in [3.63, 3.8) is 0 Å². The van der Waals surface area contributed by atoms with Crippen LogP contribution in [0.2, 0.25) is 0 Å². The van der Waals surface area contributed by atoms with Gasteiger partial charge >= 0.3 is 0 Å². The average molecular weight is 376 g/mol. The number of sulfonamides is 1. The molecule has 0 bridgehead atoms. The maximum atomic E-state index is 12.6. The van der Waals surface area contributed by atoms with Crippen LogP contribution in [-0.4, -0.2) is 33.7 Å². The number of nitrogens with zero attached hydrogens (tertiary/aromatic N) is 1. The lowest BCUT2D eigenvalue weighted by atomic mass is 10.1. The molecule has 2 rings (SSSR count). The van der Waals surface area contributed by atoms with Gasteiger partial charge in [0.05, 0.1) is 19.1 Å². The van der Waals surface area contributed by atoms with Crippen LogP contribution in [0.1, 0.15) is 19.4 Å². The van der Waals surface area contributed by atoms with Gasteiger partial charge in [0.2, 0.25) is 15.9 Å². The molecule has 0 aliphatic heterocycles. The van der Waals surface area contributed by atoms with Crippen molar-refractivity contribution in [2.24, 2.45) is 0 Å². The maximum absolute atomic E-state index is 12.6. The van der Waals surface area contributed by atoms with Crippen LogP contribution < -0.4 is 14.4 Å². The molecule has 6 nitrogen and oxygen atoms in total. The van der Waals surface area contributed by atoms with Gasteiger partial charge in [-0.15, -0.1) is 0 Å². The summed E-state index contributed by atoms with van der Waals surface area (Å²) in [6.45, 7) is 3.59. The van der Waals surface area contributed by atoms with E-state index >= 15 is 0 Å². The summed E-state index contributed by atoms with van der Waals surface area (Å²) in [5, 5.41) is 2.74. The van der Waals surface area contributed by atoms with Crippen molar-refractivity contribution >= 4 is 27.3 Å². The van der Waals surface area contributed by atoms with Gasteiger partial charge in [-0.3, -0.25) is 9.10 Å². The van der Waals surface area contributed by atoms with Crippen molar-refractivity contribution in [2.75, 3.05) is 23.0 Å². The number of rotatable bonds is 7. The van der Waals surface area contributed by atoms with Gasteiger partial charge in [0.1, 0.15) is 11.8 Å². The van der Waals surface area contributed by atoms with Crippen LogP contribution in [0.3, 0.4) is 0 Å². The van der Waals surface area contributed by atoms with E-state index in [1.807, 2.05) is 19.1 Å². The summed E-state index contributed by atoms with van der Waals surface area (Å²) in [6.07, 6.45) is 1.95. The Morgan fingerprint density at radius 2 is 1.69 bits per heavy atom. The molecule has 0 aliphatic carbocycles. The van der Waals surface area contributed by atoms with Crippen molar-refractivity contribution in [1.29, 1.82) is 0 Å². The molecule has 2 aromatic carbocycles. The van der Waals surface area contributed by atoms with E-state index in [1.165, 1.54) is 0 Å². The molecule has 26 heavy (non-hydrogen) atoms. The third-order valence-electron chi connectivity index (χ3n) is 4.05. The lowest BCUT2D eigenvalue weighted by Crippen LogP contribution is -2.45. The summed E-state index contributed by atoms with van der Waals surface area (Å²) >= 11 is 0. The topological polar surface area (TPSA) is 75.7 Å². The summed E-state index contributed by atoms with van der Waals surface area (Å²) in [6, 6.07) is 13.1. The first-order chi connectivity index (χ1) is 12.3. The predicted octanol–water partition coefficient (Wildman–Crippen LogP) is 3.05. The number of carbonyl (C=O) groups excluding carboxylic acids is 1. The van der Waals surface area contributed by atoms with E-state index in [9.17, 15) is 13.2 Å². The molecule has 0 radical (unpaired) electrons. The number of hydrogen-bond donors (Lipinski definition) is 1. The molecule has 0 fully saturated rings. The molecule has 7 heteroatoms. The number of benzene rings is 2. The zero-order valence-corrected chi connectivity index (χ0v) is 16.2. The standard InChI is InChI=1S/C19H24N2O4S/c1-5-15-6-10-17(11-7-15)21(26(4,23)24)14(2)19(22)20-16-8-12-18(25-3)13-9-16/h6-14H,5H2,1-4H3,(H,20,22). The van der Waals surface area contributed by atoms with Gasteiger partial charge < -0.3 is 10.1 Å². The molecule has 1 N–H and O–H groups in total. The summed E-state index contributed by atoms with van der Waals surface area (Å²) < 4.78 is 30.8. The summed E-state index contributed by atoms with van der Waals surface area (Å²) in [5.41, 5.74) is 2.12. The van der Waals surface area contributed by atoms with Gasteiger partial charge in [0.15, 0.2) is 0 Å². The zero-order valence-electron chi connectivity index (χ0n) is 15.4. The SMILES string of the molecule is CCc1ccc(N(C(C)C(=O)Nc2ccc(OC)cc2)S(C)(=O)=O)cc1. The first-order valence-electron chi connectivity index (χ1n) is 8.29. The van der Waals surface area contributed by atoms with Crippen LogP contribution in [0.25, 0.3) is 0 Å². The third-order valence-corrected chi connectivity index (χ3v) is 5.29. The number of anilines is 2. The number of methoxy groups -OCH3 is 1. The molecule has 0 heterocycles. The van der Waals surface area contributed by atoms with Gasteiger partial charge in [-0.25, -0.2) is 8.42 Å². The van der Waals surface area contributed by atoms with E-state index in [-0.39, 0.29) is 0 Å². The fraction of sp³-hybridized carbons (Fsp3) is 0.316. The molecular weight excluding hydrogens is 352 g/mol. The van der Waals surface area contributed by atoms with Crippen LogP contribution in [0.4, 0.5) is 11.4 Å². The largest absolute Gasteiger partial charge is 0.497 e. The first kappa shape index (κ1) is 19.8. The van der Waals surface area contributed by atoms with Gasteiger partial charge in [-0.2, -0.15) is 0 Å². The van der Waals surface area contributed by atoms with E-state index in [0.717, 1.165) is 22.5 Å². The van der Waals surface area contributed by atoms with E-state index in [0.29, 0.717) is 17.1 Å². The monoisotopic (exact) mass is 376 g/mol. The first-order valence-corrected chi connectivity index (χ1v) is 10.1. The second-order valence-corrected chi connectivity index (χ2v) is 7.83. The molecule has 2 aromatic rings. The quantitative estimate of drug-likeness (QED) is 0.806. The van der Waals surface area contributed by atoms with Gasteiger partial charge in [0, 0.05) is 5.69 Å². The molecule has 0 spiro atoms. The molecule has 140 valence electrons. The highest BCUT2D eigenvalue weighted by Gasteiger charge is 2.29. The average Bonchev–Trinajstić information content (AvgIpc) is 2.61. The summed E-state index contributed by atoms with van der Waals surface area (Å²) in [7, 11) is -2.07. The van der Waals surface area contributed by atoms with Crippen molar-refractivity contribution in [2.45, 2.75) is 26.3 Å². The van der Waals surface area contributed by atoms with E-state index in [4.69, 9.17) is 4.74 Å². The maximum Gasteiger partial charge on any atom is 0.247 e. The Balaban J connectivity index is 2.24. The Labute approximate surface area is 154 Å². The van der Waals surface area contributed by atoms with Crippen molar-refractivity contribution < 1.29 is 17.9 Å². The highest BCUT2D eigenvalue weighted by atomic mass is 32.2. The molecule has 0 saturated carbocycles. The Hall–Kier alpha value is -2.54.